The molecule has 1 atom stereocenters. The summed E-state index contributed by atoms with van der Waals surface area (Å²) >= 11 is 0. The first-order valence-corrected chi connectivity index (χ1v) is 11.5. The zero-order chi connectivity index (χ0) is 23.2. The number of aryl methyl sites for hydroxylation is 2. The first-order valence-electron chi connectivity index (χ1n) is 11.5. The lowest BCUT2D eigenvalue weighted by atomic mass is 9.98. The van der Waals surface area contributed by atoms with Gasteiger partial charge in [0.25, 0.3) is 0 Å². The maximum Gasteiger partial charge on any atom is 0.227 e. The van der Waals surface area contributed by atoms with E-state index < -0.39 is 0 Å². The first kappa shape index (κ1) is 23.0. The smallest absolute Gasteiger partial charge is 0.227 e. The third-order valence-electron chi connectivity index (χ3n) is 6.17. The summed E-state index contributed by atoms with van der Waals surface area (Å²) in [4.78, 5) is 17.0. The highest BCUT2D eigenvalue weighted by atomic mass is 16.5. The Labute approximate surface area is 194 Å². The lowest BCUT2D eigenvalue weighted by molar-refractivity contribution is -0.132. The van der Waals surface area contributed by atoms with Gasteiger partial charge in [-0.2, -0.15) is 0 Å². The SMILES string of the molecule is Cc1noc(C)c1CC(=O)N1CCC[C@@H](COc2ccc(CN(C)Cc3ccon3)cc2)C1. The molecule has 1 fully saturated rings. The summed E-state index contributed by atoms with van der Waals surface area (Å²) in [5.74, 6) is 2.05. The fourth-order valence-corrected chi connectivity index (χ4v) is 4.31. The van der Waals surface area contributed by atoms with Gasteiger partial charge >= 0.3 is 0 Å². The maximum atomic E-state index is 12.8. The highest BCUT2D eigenvalue weighted by Crippen LogP contribution is 2.22. The number of carbonyl (C=O) groups is 1. The normalized spacial score (nSPS) is 16.4. The molecule has 8 heteroatoms. The van der Waals surface area contributed by atoms with Gasteiger partial charge in [0.1, 0.15) is 17.8 Å². The second-order valence-electron chi connectivity index (χ2n) is 8.95. The van der Waals surface area contributed by atoms with Gasteiger partial charge in [0, 0.05) is 43.7 Å². The maximum absolute atomic E-state index is 12.8. The predicted octanol–water partition coefficient (Wildman–Crippen LogP) is 3.77. The van der Waals surface area contributed by atoms with Crippen LogP contribution in [0.3, 0.4) is 0 Å². The summed E-state index contributed by atoms with van der Waals surface area (Å²) in [5, 5.41) is 7.91. The van der Waals surface area contributed by atoms with E-state index in [1.54, 1.807) is 6.26 Å². The van der Waals surface area contributed by atoms with Gasteiger partial charge in [-0.1, -0.05) is 22.4 Å². The number of nitrogens with zero attached hydrogens (tertiary/aromatic N) is 4. The Bertz CT molecular complexity index is 1010. The van der Waals surface area contributed by atoms with E-state index in [9.17, 15) is 4.79 Å². The molecule has 0 bridgehead atoms. The Hall–Kier alpha value is -3.13. The molecule has 1 aliphatic heterocycles. The molecular weight excluding hydrogens is 420 g/mol. The lowest BCUT2D eigenvalue weighted by Gasteiger charge is -2.32. The van der Waals surface area contributed by atoms with Crippen LogP contribution in [0.2, 0.25) is 0 Å². The van der Waals surface area contributed by atoms with E-state index in [1.165, 1.54) is 5.56 Å². The molecule has 4 rings (SSSR count). The number of carbonyl (C=O) groups excluding carboxylic acids is 1. The summed E-state index contributed by atoms with van der Waals surface area (Å²) in [6.45, 7) is 7.43. The van der Waals surface area contributed by atoms with Crippen molar-refractivity contribution in [3.8, 4) is 5.75 Å². The molecule has 1 saturated heterocycles. The quantitative estimate of drug-likeness (QED) is 0.488. The van der Waals surface area contributed by atoms with E-state index >= 15 is 0 Å². The average molecular weight is 453 g/mol. The Morgan fingerprint density at radius 2 is 2.00 bits per heavy atom. The highest BCUT2D eigenvalue weighted by Gasteiger charge is 2.25. The second-order valence-corrected chi connectivity index (χ2v) is 8.95. The Balaban J connectivity index is 1.23. The van der Waals surface area contributed by atoms with Gasteiger partial charge in [-0.05, 0) is 51.4 Å². The molecule has 176 valence electrons. The molecule has 3 heterocycles. The molecule has 33 heavy (non-hydrogen) atoms. The molecule has 8 nitrogen and oxygen atoms in total. The van der Waals surface area contributed by atoms with Crippen molar-refractivity contribution in [3.05, 3.63) is 64.9 Å². The van der Waals surface area contributed by atoms with E-state index in [0.717, 1.165) is 67.5 Å². The molecule has 0 spiro atoms. The van der Waals surface area contributed by atoms with Crippen molar-refractivity contribution < 1.29 is 18.6 Å². The van der Waals surface area contributed by atoms with Crippen molar-refractivity contribution in [1.82, 2.24) is 20.1 Å². The van der Waals surface area contributed by atoms with Crippen LogP contribution in [-0.2, 0) is 24.3 Å². The molecule has 0 radical (unpaired) electrons. The van der Waals surface area contributed by atoms with Crippen LogP contribution >= 0.6 is 0 Å². The molecule has 0 aliphatic carbocycles. The van der Waals surface area contributed by atoms with Crippen molar-refractivity contribution in [1.29, 1.82) is 0 Å². The van der Waals surface area contributed by atoms with E-state index in [4.69, 9.17) is 13.8 Å². The van der Waals surface area contributed by atoms with Gasteiger partial charge in [0.05, 0.1) is 24.4 Å². The van der Waals surface area contributed by atoms with E-state index in [0.29, 0.717) is 18.9 Å². The number of aromatic nitrogens is 2. The molecule has 2 aromatic heterocycles. The number of benzene rings is 1. The Kier molecular flexibility index (Phi) is 7.44. The van der Waals surface area contributed by atoms with E-state index in [2.05, 4.69) is 34.4 Å². The lowest BCUT2D eigenvalue weighted by Crippen LogP contribution is -2.42. The molecule has 0 N–H and O–H groups in total. The number of ether oxygens (including phenoxy) is 1. The molecule has 0 saturated carbocycles. The molecule has 0 unspecified atom stereocenters. The van der Waals surface area contributed by atoms with Crippen LogP contribution in [-0.4, -0.2) is 52.8 Å². The van der Waals surface area contributed by atoms with Crippen LogP contribution in [0.4, 0.5) is 0 Å². The summed E-state index contributed by atoms with van der Waals surface area (Å²) in [6, 6.07) is 10.1. The summed E-state index contributed by atoms with van der Waals surface area (Å²) in [7, 11) is 2.06. The zero-order valence-corrected chi connectivity index (χ0v) is 19.6. The van der Waals surface area contributed by atoms with Crippen molar-refractivity contribution in [3.63, 3.8) is 0 Å². The summed E-state index contributed by atoms with van der Waals surface area (Å²) in [5.41, 5.74) is 3.84. The van der Waals surface area contributed by atoms with Gasteiger partial charge in [-0.3, -0.25) is 9.69 Å². The Morgan fingerprint density at radius 1 is 1.18 bits per heavy atom. The van der Waals surface area contributed by atoms with Crippen LogP contribution in [0.15, 0.2) is 45.6 Å². The van der Waals surface area contributed by atoms with Crippen LogP contribution in [0.1, 0.15) is 41.1 Å². The summed E-state index contributed by atoms with van der Waals surface area (Å²) < 4.78 is 16.1. The van der Waals surface area contributed by atoms with E-state index in [1.807, 2.05) is 36.9 Å². The monoisotopic (exact) mass is 452 g/mol. The molecule has 1 aromatic carbocycles. The van der Waals surface area contributed by atoms with Crippen LogP contribution in [0.5, 0.6) is 5.75 Å². The fourth-order valence-electron chi connectivity index (χ4n) is 4.31. The minimum atomic E-state index is 0.133. The summed E-state index contributed by atoms with van der Waals surface area (Å²) in [6.07, 6.45) is 4.01. The van der Waals surface area contributed by atoms with Gasteiger partial charge < -0.3 is 18.7 Å². The van der Waals surface area contributed by atoms with Crippen LogP contribution in [0, 0.1) is 19.8 Å². The third-order valence-corrected chi connectivity index (χ3v) is 6.17. The molecule has 1 amide bonds. The number of rotatable bonds is 9. The van der Waals surface area contributed by atoms with E-state index in [-0.39, 0.29) is 5.91 Å². The van der Waals surface area contributed by atoms with Gasteiger partial charge in [-0.25, -0.2) is 0 Å². The van der Waals surface area contributed by atoms with Crippen LogP contribution in [0.25, 0.3) is 0 Å². The van der Waals surface area contributed by atoms with Gasteiger partial charge in [0.2, 0.25) is 5.91 Å². The minimum Gasteiger partial charge on any atom is -0.493 e. The molecule has 3 aromatic rings. The number of amides is 1. The zero-order valence-electron chi connectivity index (χ0n) is 19.6. The van der Waals surface area contributed by atoms with Crippen molar-refractivity contribution >= 4 is 5.91 Å². The van der Waals surface area contributed by atoms with Gasteiger partial charge in [0.15, 0.2) is 0 Å². The first-order chi connectivity index (χ1) is 16.0. The third kappa shape index (κ3) is 6.22. The topological polar surface area (TPSA) is 84.8 Å². The van der Waals surface area contributed by atoms with Crippen molar-refractivity contribution in [2.24, 2.45) is 5.92 Å². The number of hydrogen-bond acceptors (Lipinski definition) is 7. The highest BCUT2D eigenvalue weighted by molar-refractivity contribution is 5.79. The van der Waals surface area contributed by atoms with Gasteiger partial charge in [-0.15, -0.1) is 0 Å². The van der Waals surface area contributed by atoms with Crippen LogP contribution < -0.4 is 4.74 Å². The standard InChI is InChI=1S/C25H32N4O4/c1-18-24(19(2)33-26-18)13-25(30)29-11-4-5-21(15-29)17-31-23-8-6-20(7-9-23)14-28(3)16-22-10-12-32-27-22/h6-10,12,21H,4-5,11,13-17H2,1-3H3/t21-/m1/s1. The fraction of sp³-hybridized carbons (Fsp3) is 0.480. The molecular formula is C25H32N4O4. The number of hydrogen-bond donors (Lipinski definition) is 0. The van der Waals surface area contributed by atoms with Crippen molar-refractivity contribution in [2.45, 2.75) is 46.2 Å². The number of piperidine rings is 1. The predicted molar refractivity (Wildman–Crippen MR) is 123 cm³/mol. The van der Waals surface area contributed by atoms with Crippen molar-refractivity contribution in [2.75, 3.05) is 26.7 Å². The number of likely N-dealkylation sites (tertiary alicyclic amines) is 1. The largest absolute Gasteiger partial charge is 0.493 e. The molecule has 1 aliphatic rings. The Morgan fingerprint density at radius 3 is 2.70 bits per heavy atom. The minimum absolute atomic E-state index is 0.133. The second kappa shape index (κ2) is 10.7. The average Bonchev–Trinajstić information content (AvgIpc) is 3.44.